The smallest absolute Gasteiger partial charge is 0.0546 e. The molecule has 0 amide bonds. The molecule has 2 heteroatoms. The Hall–Kier alpha value is -7.42. The van der Waals surface area contributed by atoms with Crippen molar-refractivity contribution in [3.8, 4) is 50.2 Å². The molecule has 0 bridgehead atoms. The molecule has 10 rings (SSSR count). The second kappa shape index (κ2) is 14.4. The fourth-order valence-electron chi connectivity index (χ4n) is 8.18. The number of fused-ring (bicyclic) bond motifs is 3. The first-order chi connectivity index (χ1) is 27.8. The van der Waals surface area contributed by atoms with Crippen LogP contribution in [-0.4, -0.2) is 4.57 Å². The molecule has 0 N–H and O–H groups in total. The van der Waals surface area contributed by atoms with E-state index in [1.165, 1.54) is 60.8 Å². The molecule has 0 aliphatic carbocycles. The molecule has 0 spiro atoms. The lowest BCUT2D eigenvalue weighted by Gasteiger charge is -2.30. The van der Waals surface area contributed by atoms with E-state index in [-0.39, 0.29) is 0 Å². The fourth-order valence-corrected chi connectivity index (χ4v) is 8.18. The summed E-state index contributed by atoms with van der Waals surface area (Å²) >= 11 is 0. The van der Waals surface area contributed by atoms with Crippen LogP contribution >= 0.6 is 0 Å². The summed E-state index contributed by atoms with van der Waals surface area (Å²) in [5, 5.41) is 2.52. The number of rotatable bonds is 8. The van der Waals surface area contributed by atoms with Gasteiger partial charge in [0.1, 0.15) is 0 Å². The molecule has 0 unspecified atom stereocenters. The van der Waals surface area contributed by atoms with Gasteiger partial charge in [0.05, 0.1) is 16.7 Å². The maximum Gasteiger partial charge on any atom is 0.0546 e. The van der Waals surface area contributed by atoms with Gasteiger partial charge in [-0.25, -0.2) is 0 Å². The van der Waals surface area contributed by atoms with Crippen molar-refractivity contribution in [3.63, 3.8) is 0 Å². The lowest BCUT2D eigenvalue weighted by molar-refractivity contribution is 1.18. The minimum atomic E-state index is 1.09. The van der Waals surface area contributed by atoms with Gasteiger partial charge in [-0.3, -0.25) is 0 Å². The average Bonchev–Trinajstić information content (AvgIpc) is 3.62. The van der Waals surface area contributed by atoms with Crippen molar-refractivity contribution in [1.29, 1.82) is 0 Å². The molecule has 10 aromatic rings. The van der Waals surface area contributed by atoms with Crippen LogP contribution in [0.5, 0.6) is 0 Å². The highest BCUT2D eigenvalue weighted by molar-refractivity contribution is 6.09. The van der Waals surface area contributed by atoms with Gasteiger partial charge in [0.2, 0.25) is 0 Å². The highest BCUT2D eigenvalue weighted by atomic mass is 15.1. The van der Waals surface area contributed by atoms with E-state index >= 15 is 0 Å². The Labute approximate surface area is 327 Å². The number of aromatic nitrogens is 1. The summed E-state index contributed by atoms with van der Waals surface area (Å²) in [5.74, 6) is 0. The molecule has 1 aromatic heterocycles. The minimum absolute atomic E-state index is 1.09. The zero-order valence-electron chi connectivity index (χ0n) is 30.8. The van der Waals surface area contributed by atoms with E-state index < -0.39 is 0 Å². The topological polar surface area (TPSA) is 8.17 Å². The van der Waals surface area contributed by atoms with Crippen LogP contribution in [0.15, 0.2) is 231 Å². The molecule has 1 heterocycles. The molecule has 0 fully saturated rings. The number of para-hydroxylation sites is 2. The third-order valence-electron chi connectivity index (χ3n) is 10.8. The predicted octanol–water partition coefficient (Wildman–Crippen LogP) is 14.9. The first-order valence-corrected chi connectivity index (χ1v) is 19.2. The van der Waals surface area contributed by atoms with Crippen LogP contribution in [0.3, 0.4) is 0 Å². The molecule has 56 heavy (non-hydrogen) atoms. The largest absolute Gasteiger partial charge is 0.310 e. The van der Waals surface area contributed by atoms with Gasteiger partial charge in [-0.15, -0.1) is 0 Å². The first-order valence-electron chi connectivity index (χ1n) is 19.2. The Kier molecular flexibility index (Phi) is 8.55. The third kappa shape index (κ3) is 6.04. The number of hydrogen-bond acceptors (Lipinski definition) is 1. The predicted molar refractivity (Wildman–Crippen MR) is 237 cm³/mol. The maximum absolute atomic E-state index is 2.42. The van der Waals surface area contributed by atoms with Crippen molar-refractivity contribution in [2.24, 2.45) is 0 Å². The molecular weight excluding hydrogens is 677 g/mol. The van der Waals surface area contributed by atoms with Gasteiger partial charge in [-0.1, -0.05) is 176 Å². The number of nitrogens with zero attached hydrogens (tertiary/aromatic N) is 2. The normalized spacial score (nSPS) is 11.2. The molecule has 2 nitrogen and oxygen atoms in total. The summed E-state index contributed by atoms with van der Waals surface area (Å²) in [6, 6.07) is 83.1. The van der Waals surface area contributed by atoms with E-state index in [1.54, 1.807) is 0 Å². The van der Waals surface area contributed by atoms with Crippen molar-refractivity contribution in [3.05, 3.63) is 231 Å². The van der Waals surface area contributed by atoms with Crippen molar-refractivity contribution in [2.45, 2.75) is 0 Å². The molecule has 0 radical (unpaired) electrons. The van der Waals surface area contributed by atoms with Crippen LogP contribution in [0.2, 0.25) is 0 Å². The van der Waals surface area contributed by atoms with E-state index in [4.69, 9.17) is 0 Å². The molecule has 9 aromatic carbocycles. The first kappa shape index (κ1) is 33.2. The van der Waals surface area contributed by atoms with Gasteiger partial charge < -0.3 is 9.47 Å². The average molecular weight is 715 g/mol. The van der Waals surface area contributed by atoms with Gasteiger partial charge >= 0.3 is 0 Å². The second-order valence-corrected chi connectivity index (χ2v) is 14.1. The van der Waals surface area contributed by atoms with Crippen molar-refractivity contribution < 1.29 is 0 Å². The summed E-state index contributed by atoms with van der Waals surface area (Å²) in [6.45, 7) is 0. The summed E-state index contributed by atoms with van der Waals surface area (Å²) in [5.41, 5.74) is 16.2. The van der Waals surface area contributed by atoms with Crippen LogP contribution in [0.1, 0.15) is 0 Å². The molecule has 0 saturated heterocycles. The van der Waals surface area contributed by atoms with E-state index in [9.17, 15) is 0 Å². The molecule has 0 aliphatic rings. The number of benzene rings is 9. The quantitative estimate of drug-likeness (QED) is 0.152. The fraction of sp³-hybridized carbons (Fsp3) is 0. The Morgan fingerprint density at radius 2 is 0.786 bits per heavy atom. The van der Waals surface area contributed by atoms with Crippen molar-refractivity contribution >= 4 is 38.9 Å². The Bertz CT molecular complexity index is 2870. The van der Waals surface area contributed by atoms with Crippen LogP contribution < -0.4 is 4.90 Å². The van der Waals surface area contributed by atoms with Crippen LogP contribution in [0, 0.1) is 0 Å². The Morgan fingerprint density at radius 1 is 0.304 bits per heavy atom. The molecule has 0 aliphatic heterocycles. The molecule has 0 saturated carbocycles. The Morgan fingerprint density at radius 3 is 1.41 bits per heavy atom. The SMILES string of the molecule is c1ccc(-c2ccc(N(c3cccc(-c4ccccc4)c3)c3cccc(-c4ccccc4)c3-c3ccc(-n4c5ccccc5c5ccccc54)cc3)cc2)cc1. The van der Waals surface area contributed by atoms with E-state index in [1.807, 2.05) is 0 Å². The van der Waals surface area contributed by atoms with Gasteiger partial charge in [0, 0.05) is 33.4 Å². The summed E-state index contributed by atoms with van der Waals surface area (Å²) < 4.78 is 2.38. The highest BCUT2D eigenvalue weighted by Gasteiger charge is 2.22. The van der Waals surface area contributed by atoms with Gasteiger partial charge in [0.15, 0.2) is 0 Å². The lowest BCUT2D eigenvalue weighted by atomic mass is 9.91. The standard InChI is InChI=1S/C54H38N2/c1-4-16-39(17-5-1)41-30-34-45(35-31-41)55(47-23-14-22-44(38-47)40-18-6-2-7-19-40)53-29-15-26-48(42-20-8-3-9-21-42)54(53)43-32-36-46(37-33-43)56-51-27-12-10-24-49(51)50-25-11-13-28-52(50)56/h1-38H. The Balaban J connectivity index is 1.18. The van der Waals surface area contributed by atoms with Gasteiger partial charge in [-0.05, 0) is 93.5 Å². The number of anilines is 3. The van der Waals surface area contributed by atoms with Crippen LogP contribution in [0.4, 0.5) is 17.1 Å². The number of hydrogen-bond donors (Lipinski definition) is 0. The summed E-state index contributed by atoms with van der Waals surface area (Å²) in [6.07, 6.45) is 0. The molecular formula is C54H38N2. The zero-order valence-corrected chi connectivity index (χ0v) is 30.8. The minimum Gasteiger partial charge on any atom is -0.310 e. The van der Waals surface area contributed by atoms with Crippen molar-refractivity contribution in [2.75, 3.05) is 4.90 Å². The summed E-state index contributed by atoms with van der Waals surface area (Å²) in [7, 11) is 0. The van der Waals surface area contributed by atoms with Crippen LogP contribution in [-0.2, 0) is 0 Å². The van der Waals surface area contributed by atoms with E-state index in [0.29, 0.717) is 0 Å². The van der Waals surface area contributed by atoms with E-state index in [2.05, 4.69) is 240 Å². The van der Waals surface area contributed by atoms with Crippen molar-refractivity contribution in [1.82, 2.24) is 4.57 Å². The zero-order chi connectivity index (χ0) is 37.3. The van der Waals surface area contributed by atoms with Gasteiger partial charge in [0.25, 0.3) is 0 Å². The maximum atomic E-state index is 2.42. The molecule has 0 atom stereocenters. The molecule has 264 valence electrons. The second-order valence-electron chi connectivity index (χ2n) is 14.1. The van der Waals surface area contributed by atoms with Gasteiger partial charge in [-0.2, -0.15) is 0 Å². The third-order valence-corrected chi connectivity index (χ3v) is 10.8. The summed E-state index contributed by atoms with van der Waals surface area (Å²) in [4.78, 5) is 2.42. The monoisotopic (exact) mass is 714 g/mol. The van der Waals surface area contributed by atoms with Crippen LogP contribution in [0.25, 0.3) is 72.0 Å². The lowest BCUT2D eigenvalue weighted by Crippen LogP contribution is -2.12. The highest BCUT2D eigenvalue weighted by Crippen LogP contribution is 2.46. The van der Waals surface area contributed by atoms with E-state index in [0.717, 1.165) is 28.3 Å².